The lowest BCUT2D eigenvalue weighted by molar-refractivity contribution is -0.115. The van der Waals surface area contributed by atoms with Gasteiger partial charge in [0.1, 0.15) is 11.1 Å². The van der Waals surface area contributed by atoms with Crippen LogP contribution in [0.1, 0.15) is 49.1 Å². The molecule has 1 amide bonds. The number of carbonyl (C=O) groups is 1. The maximum Gasteiger partial charge on any atom is 0.237 e. The summed E-state index contributed by atoms with van der Waals surface area (Å²) in [6, 6.07) is 12.0. The van der Waals surface area contributed by atoms with E-state index in [2.05, 4.69) is 18.3 Å². The SMILES string of the molecule is CCC(Sc1nc2c(cc1C#N)CC(C)CC2)C(=O)Nc1ccc(C)cc1. The van der Waals surface area contributed by atoms with E-state index in [-0.39, 0.29) is 11.2 Å². The minimum Gasteiger partial charge on any atom is -0.325 e. The third-order valence-electron chi connectivity index (χ3n) is 4.96. The molecule has 140 valence electrons. The van der Waals surface area contributed by atoms with E-state index < -0.39 is 0 Å². The molecule has 2 atom stereocenters. The fraction of sp³-hybridized carbons (Fsp3) is 0.409. The molecule has 5 heteroatoms. The van der Waals surface area contributed by atoms with Gasteiger partial charge in [-0.15, -0.1) is 0 Å². The molecule has 1 aromatic carbocycles. The second-order valence-electron chi connectivity index (χ2n) is 7.28. The Labute approximate surface area is 165 Å². The first-order chi connectivity index (χ1) is 13.0. The molecule has 1 heterocycles. The summed E-state index contributed by atoms with van der Waals surface area (Å²) < 4.78 is 0. The van der Waals surface area contributed by atoms with Crippen LogP contribution in [0, 0.1) is 24.2 Å². The van der Waals surface area contributed by atoms with Crippen molar-refractivity contribution < 1.29 is 4.79 Å². The van der Waals surface area contributed by atoms with E-state index >= 15 is 0 Å². The molecule has 0 saturated carbocycles. The first-order valence-electron chi connectivity index (χ1n) is 9.47. The Morgan fingerprint density at radius 1 is 1.41 bits per heavy atom. The number of hydrogen-bond donors (Lipinski definition) is 1. The van der Waals surface area contributed by atoms with Gasteiger partial charge in [-0.2, -0.15) is 5.26 Å². The highest BCUT2D eigenvalue weighted by Crippen LogP contribution is 2.32. The van der Waals surface area contributed by atoms with Gasteiger partial charge in [-0.25, -0.2) is 4.98 Å². The number of hydrogen-bond acceptors (Lipinski definition) is 4. The van der Waals surface area contributed by atoms with E-state index in [4.69, 9.17) is 4.98 Å². The van der Waals surface area contributed by atoms with Crippen LogP contribution in [0.3, 0.4) is 0 Å². The van der Waals surface area contributed by atoms with E-state index in [0.29, 0.717) is 22.9 Å². The van der Waals surface area contributed by atoms with Gasteiger partial charge < -0.3 is 5.32 Å². The summed E-state index contributed by atoms with van der Waals surface area (Å²) in [5.41, 5.74) is 4.79. The molecule has 2 aromatic rings. The third-order valence-corrected chi connectivity index (χ3v) is 6.32. The number of aromatic nitrogens is 1. The third kappa shape index (κ3) is 4.70. The van der Waals surface area contributed by atoms with Crippen molar-refractivity contribution in [2.45, 2.75) is 56.7 Å². The molecule has 0 radical (unpaired) electrons. The number of amides is 1. The average Bonchev–Trinajstić information content (AvgIpc) is 2.67. The highest BCUT2D eigenvalue weighted by atomic mass is 32.2. The molecule has 3 rings (SSSR count). The van der Waals surface area contributed by atoms with Gasteiger partial charge in [0.25, 0.3) is 0 Å². The molecule has 1 N–H and O–H groups in total. The van der Waals surface area contributed by atoms with Crippen molar-refractivity contribution in [3.63, 3.8) is 0 Å². The molecular weight excluding hydrogens is 354 g/mol. The van der Waals surface area contributed by atoms with E-state index in [1.165, 1.54) is 17.3 Å². The highest BCUT2D eigenvalue weighted by Gasteiger charge is 2.24. The van der Waals surface area contributed by atoms with Gasteiger partial charge in [-0.1, -0.05) is 43.3 Å². The predicted octanol–water partition coefficient (Wildman–Crippen LogP) is 4.90. The maximum absolute atomic E-state index is 12.7. The molecule has 0 spiro atoms. The number of nitrogens with one attached hydrogen (secondary N) is 1. The van der Waals surface area contributed by atoms with Crippen LogP contribution in [0.5, 0.6) is 0 Å². The Bertz CT molecular complexity index is 870. The van der Waals surface area contributed by atoms with Crippen molar-refractivity contribution in [1.82, 2.24) is 4.98 Å². The number of nitriles is 1. The number of thioether (sulfide) groups is 1. The van der Waals surface area contributed by atoms with Crippen LogP contribution in [0.25, 0.3) is 0 Å². The molecule has 0 bridgehead atoms. The fourth-order valence-electron chi connectivity index (χ4n) is 3.31. The van der Waals surface area contributed by atoms with Gasteiger partial charge in [-0.05, 0) is 62.3 Å². The number of pyridine rings is 1. The van der Waals surface area contributed by atoms with Crippen molar-refractivity contribution in [3.8, 4) is 6.07 Å². The average molecular weight is 380 g/mol. The van der Waals surface area contributed by atoms with Crippen LogP contribution in [0.15, 0.2) is 35.4 Å². The summed E-state index contributed by atoms with van der Waals surface area (Å²) in [5, 5.41) is 12.9. The van der Waals surface area contributed by atoms with E-state index in [1.807, 2.05) is 44.2 Å². The molecule has 4 nitrogen and oxygen atoms in total. The smallest absolute Gasteiger partial charge is 0.237 e. The molecule has 0 saturated heterocycles. The summed E-state index contributed by atoms with van der Waals surface area (Å²) in [5.74, 6) is 0.580. The van der Waals surface area contributed by atoms with E-state index in [9.17, 15) is 10.1 Å². The standard InChI is InChI=1S/C22H25N3OS/c1-4-20(21(26)24-18-8-5-14(2)6-9-18)27-22-17(13-23)12-16-11-15(3)7-10-19(16)25-22/h5-6,8-9,12,15,20H,4,7,10-11H2,1-3H3,(H,24,26). The number of fused-ring (bicyclic) bond motifs is 1. The van der Waals surface area contributed by atoms with Gasteiger partial charge in [0.2, 0.25) is 5.91 Å². The number of aryl methyl sites for hydroxylation is 2. The van der Waals surface area contributed by atoms with Crippen molar-refractivity contribution in [3.05, 3.63) is 52.7 Å². The number of carbonyl (C=O) groups excluding carboxylic acids is 1. The van der Waals surface area contributed by atoms with Crippen LogP contribution in [-0.2, 0) is 17.6 Å². The minimum absolute atomic E-state index is 0.0524. The summed E-state index contributed by atoms with van der Waals surface area (Å²) in [4.78, 5) is 17.5. The molecule has 1 aromatic heterocycles. The Morgan fingerprint density at radius 2 is 2.15 bits per heavy atom. The second kappa shape index (κ2) is 8.58. The van der Waals surface area contributed by atoms with E-state index in [1.54, 1.807) is 0 Å². The van der Waals surface area contributed by atoms with Crippen LogP contribution < -0.4 is 5.32 Å². The molecule has 27 heavy (non-hydrogen) atoms. The molecule has 0 aliphatic heterocycles. The number of rotatable bonds is 5. The van der Waals surface area contributed by atoms with Gasteiger partial charge in [0.05, 0.1) is 10.8 Å². The van der Waals surface area contributed by atoms with Crippen LogP contribution in [0.2, 0.25) is 0 Å². The molecule has 1 aliphatic carbocycles. The summed E-state index contributed by atoms with van der Waals surface area (Å²) >= 11 is 1.40. The van der Waals surface area contributed by atoms with Crippen molar-refractivity contribution in [2.24, 2.45) is 5.92 Å². The summed E-state index contributed by atoms with van der Waals surface area (Å²) in [6.45, 7) is 6.24. The zero-order valence-corrected chi connectivity index (χ0v) is 16.9. The van der Waals surface area contributed by atoms with Gasteiger partial charge >= 0.3 is 0 Å². The van der Waals surface area contributed by atoms with Crippen molar-refractivity contribution >= 4 is 23.4 Å². The molecule has 2 unspecified atom stereocenters. The summed E-state index contributed by atoms with van der Waals surface area (Å²) in [6.07, 6.45) is 3.72. The second-order valence-corrected chi connectivity index (χ2v) is 8.47. The predicted molar refractivity (Wildman–Crippen MR) is 110 cm³/mol. The highest BCUT2D eigenvalue weighted by molar-refractivity contribution is 8.00. The first kappa shape index (κ1) is 19.4. The zero-order valence-electron chi connectivity index (χ0n) is 16.1. The molecular formula is C22H25N3OS. The maximum atomic E-state index is 12.7. The van der Waals surface area contributed by atoms with Crippen LogP contribution in [-0.4, -0.2) is 16.1 Å². The fourth-order valence-corrected chi connectivity index (χ4v) is 4.31. The van der Waals surface area contributed by atoms with Crippen molar-refractivity contribution in [2.75, 3.05) is 5.32 Å². The first-order valence-corrected chi connectivity index (χ1v) is 10.3. The van der Waals surface area contributed by atoms with Gasteiger partial charge in [0, 0.05) is 11.4 Å². The van der Waals surface area contributed by atoms with Crippen molar-refractivity contribution in [1.29, 1.82) is 5.26 Å². The summed E-state index contributed by atoms with van der Waals surface area (Å²) in [7, 11) is 0. The van der Waals surface area contributed by atoms with Gasteiger partial charge in [-0.3, -0.25) is 4.79 Å². The van der Waals surface area contributed by atoms with Crippen LogP contribution >= 0.6 is 11.8 Å². The Balaban J connectivity index is 1.78. The number of nitrogens with zero attached hydrogens (tertiary/aromatic N) is 2. The van der Waals surface area contributed by atoms with Gasteiger partial charge in [0.15, 0.2) is 0 Å². The Morgan fingerprint density at radius 3 is 2.81 bits per heavy atom. The quantitative estimate of drug-likeness (QED) is 0.751. The monoisotopic (exact) mass is 379 g/mol. The minimum atomic E-state index is -0.286. The largest absolute Gasteiger partial charge is 0.325 e. The topological polar surface area (TPSA) is 65.8 Å². The lowest BCUT2D eigenvalue weighted by atomic mass is 9.87. The number of anilines is 1. The van der Waals surface area contributed by atoms with E-state index in [0.717, 1.165) is 36.2 Å². The lowest BCUT2D eigenvalue weighted by Gasteiger charge is -2.22. The Hall–Kier alpha value is -2.32. The zero-order chi connectivity index (χ0) is 19.4. The van der Waals surface area contributed by atoms with Crippen LogP contribution in [0.4, 0.5) is 5.69 Å². The Kier molecular flexibility index (Phi) is 6.18. The normalized spacial score (nSPS) is 16.9. The molecule has 1 aliphatic rings. The number of benzene rings is 1. The lowest BCUT2D eigenvalue weighted by Crippen LogP contribution is -2.25. The molecule has 0 fully saturated rings.